The van der Waals surface area contributed by atoms with Crippen LogP contribution >= 0.6 is 0 Å². The van der Waals surface area contributed by atoms with Crippen LogP contribution in [0.5, 0.6) is 0 Å². The molecule has 2 bridgehead atoms. The fourth-order valence-corrected chi connectivity index (χ4v) is 4.21. The molecule has 1 aliphatic carbocycles. The number of rotatable bonds is 0. The largest absolute Gasteiger partial charge is 0.454 e. The van der Waals surface area contributed by atoms with Gasteiger partial charge in [-0.2, -0.15) is 0 Å². The number of hydrogen-bond acceptors (Lipinski definition) is 5. The van der Waals surface area contributed by atoms with Crippen LogP contribution in [-0.4, -0.2) is 35.9 Å². The molecular formula is C20H24O5. The summed E-state index contributed by atoms with van der Waals surface area (Å²) in [5, 5.41) is 0. The van der Waals surface area contributed by atoms with Crippen LogP contribution in [0, 0.1) is 5.92 Å². The number of esters is 2. The molecule has 0 amide bonds. The Bertz CT molecular complexity index is 703. The molecule has 5 nitrogen and oxygen atoms in total. The van der Waals surface area contributed by atoms with Crippen molar-refractivity contribution < 1.29 is 23.8 Å². The summed E-state index contributed by atoms with van der Waals surface area (Å²) in [6.07, 6.45) is 7.37. The predicted octanol–water partition coefficient (Wildman–Crippen LogP) is 3.00. The van der Waals surface area contributed by atoms with Crippen molar-refractivity contribution in [1.82, 2.24) is 0 Å². The first-order valence-corrected chi connectivity index (χ1v) is 9.02. The van der Waals surface area contributed by atoms with Crippen LogP contribution in [0.25, 0.3) is 0 Å². The Balaban J connectivity index is 1.60. The first-order chi connectivity index (χ1) is 11.9. The monoisotopic (exact) mass is 344 g/mol. The zero-order valence-electron chi connectivity index (χ0n) is 14.7. The third-order valence-electron chi connectivity index (χ3n) is 5.89. The summed E-state index contributed by atoms with van der Waals surface area (Å²) in [6, 6.07) is 0. The maximum Gasteiger partial charge on any atom is 0.334 e. The highest BCUT2D eigenvalue weighted by atomic mass is 16.6. The molecule has 0 aromatic heterocycles. The van der Waals surface area contributed by atoms with Crippen molar-refractivity contribution in [1.29, 1.82) is 0 Å². The molecular weight excluding hydrogens is 320 g/mol. The number of hydrogen-bond donors (Lipinski definition) is 0. The lowest BCUT2D eigenvalue weighted by Gasteiger charge is -2.17. The molecule has 0 saturated carbocycles. The average Bonchev–Trinajstić information content (AvgIpc) is 2.93. The van der Waals surface area contributed by atoms with Crippen molar-refractivity contribution in [3.05, 3.63) is 35.5 Å². The minimum atomic E-state index is -0.309. The van der Waals surface area contributed by atoms with Crippen molar-refractivity contribution in [2.24, 2.45) is 5.92 Å². The van der Waals surface area contributed by atoms with Gasteiger partial charge in [-0.15, -0.1) is 0 Å². The van der Waals surface area contributed by atoms with Crippen molar-refractivity contribution in [3.63, 3.8) is 0 Å². The van der Waals surface area contributed by atoms with Gasteiger partial charge in [0.05, 0.1) is 11.7 Å². The standard InChI is InChI=1S/C20H24O5/c1-11-8-14-10-13(19(22)23-14)4-5-17-20(3,25-17)7-6-15-12(2)18(21)24-16(15)9-11/h9-10,14-17H,2,4-8H2,1,3H3/b11-9+. The van der Waals surface area contributed by atoms with E-state index in [1.54, 1.807) is 0 Å². The van der Waals surface area contributed by atoms with Gasteiger partial charge < -0.3 is 14.2 Å². The van der Waals surface area contributed by atoms with Crippen LogP contribution in [0.1, 0.15) is 46.0 Å². The molecule has 4 rings (SSSR count). The molecule has 0 aromatic carbocycles. The molecule has 5 unspecified atom stereocenters. The van der Waals surface area contributed by atoms with Crippen molar-refractivity contribution in [2.45, 2.75) is 69.9 Å². The molecule has 5 atom stereocenters. The van der Waals surface area contributed by atoms with Crippen molar-refractivity contribution >= 4 is 11.9 Å². The Kier molecular flexibility index (Phi) is 3.87. The zero-order chi connectivity index (χ0) is 17.8. The summed E-state index contributed by atoms with van der Waals surface area (Å²) in [5.74, 6) is -0.533. The lowest BCUT2D eigenvalue weighted by molar-refractivity contribution is -0.139. The second-order valence-corrected chi connectivity index (χ2v) is 7.85. The van der Waals surface area contributed by atoms with Gasteiger partial charge in [0.25, 0.3) is 0 Å². The van der Waals surface area contributed by atoms with Gasteiger partial charge >= 0.3 is 11.9 Å². The summed E-state index contributed by atoms with van der Waals surface area (Å²) in [5.41, 5.74) is 2.18. The van der Waals surface area contributed by atoms with E-state index in [2.05, 4.69) is 13.5 Å². The van der Waals surface area contributed by atoms with Crippen molar-refractivity contribution in [2.75, 3.05) is 0 Å². The van der Waals surface area contributed by atoms with E-state index in [1.807, 2.05) is 19.1 Å². The SMILES string of the molecule is C=C1C(=O)OC2/C=C(\C)CC3C=C(CCC4OC4(C)CCC12)C(=O)O3. The fraction of sp³-hybridized carbons (Fsp3) is 0.600. The second-order valence-electron chi connectivity index (χ2n) is 7.85. The van der Waals surface area contributed by atoms with Gasteiger partial charge in [0.2, 0.25) is 0 Å². The zero-order valence-corrected chi connectivity index (χ0v) is 14.7. The van der Waals surface area contributed by atoms with E-state index in [9.17, 15) is 9.59 Å². The molecule has 134 valence electrons. The summed E-state index contributed by atoms with van der Waals surface area (Å²) in [7, 11) is 0. The first kappa shape index (κ1) is 16.6. The third kappa shape index (κ3) is 3.06. The minimum Gasteiger partial charge on any atom is -0.454 e. The lowest BCUT2D eigenvalue weighted by Crippen LogP contribution is -2.19. The summed E-state index contributed by atoms with van der Waals surface area (Å²) >= 11 is 0. The van der Waals surface area contributed by atoms with Crippen LogP contribution in [0.3, 0.4) is 0 Å². The van der Waals surface area contributed by atoms with Gasteiger partial charge in [0, 0.05) is 23.5 Å². The summed E-state index contributed by atoms with van der Waals surface area (Å²) < 4.78 is 16.9. The van der Waals surface area contributed by atoms with E-state index in [4.69, 9.17) is 14.2 Å². The van der Waals surface area contributed by atoms with E-state index in [1.165, 1.54) is 0 Å². The maximum atomic E-state index is 12.0. The van der Waals surface area contributed by atoms with Gasteiger partial charge in [-0.05, 0) is 51.7 Å². The van der Waals surface area contributed by atoms with Gasteiger partial charge in [-0.1, -0.05) is 12.2 Å². The Morgan fingerprint density at radius 2 is 1.96 bits per heavy atom. The van der Waals surface area contributed by atoms with Gasteiger partial charge in [0.15, 0.2) is 0 Å². The van der Waals surface area contributed by atoms with Crippen LogP contribution in [0.15, 0.2) is 35.5 Å². The molecule has 3 heterocycles. The Labute approximate surface area is 147 Å². The Hall–Kier alpha value is -1.88. The first-order valence-electron chi connectivity index (χ1n) is 9.02. The molecule has 0 spiro atoms. The quantitative estimate of drug-likeness (QED) is 0.292. The number of carbonyl (C=O) groups excluding carboxylic acids is 2. The summed E-state index contributed by atoms with van der Waals surface area (Å²) in [4.78, 5) is 24.0. The van der Waals surface area contributed by atoms with E-state index in [0.29, 0.717) is 18.4 Å². The van der Waals surface area contributed by atoms with E-state index >= 15 is 0 Å². The molecule has 3 aliphatic heterocycles. The third-order valence-corrected chi connectivity index (χ3v) is 5.89. The van der Waals surface area contributed by atoms with Crippen LogP contribution in [-0.2, 0) is 23.8 Å². The normalized spacial score (nSPS) is 43.0. The molecule has 2 saturated heterocycles. The highest BCUT2D eigenvalue weighted by Gasteiger charge is 2.52. The minimum absolute atomic E-state index is 0.00991. The number of ether oxygens (including phenoxy) is 3. The number of epoxide rings is 1. The van der Waals surface area contributed by atoms with Gasteiger partial charge in [-0.3, -0.25) is 0 Å². The molecule has 0 radical (unpaired) electrons. The van der Waals surface area contributed by atoms with Gasteiger partial charge in [-0.25, -0.2) is 9.59 Å². The molecule has 0 aromatic rings. The molecule has 25 heavy (non-hydrogen) atoms. The number of carbonyl (C=O) groups is 2. The molecule has 5 heteroatoms. The predicted molar refractivity (Wildman–Crippen MR) is 90.6 cm³/mol. The van der Waals surface area contributed by atoms with Crippen LogP contribution < -0.4 is 0 Å². The highest BCUT2D eigenvalue weighted by molar-refractivity contribution is 5.91. The fourth-order valence-electron chi connectivity index (χ4n) is 4.21. The number of fused-ring (bicyclic) bond motifs is 3. The van der Waals surface area contributed by atoms with Crippen LogP contribution in [0.2, 0.25) is 0 Å². The van der Waals surface area contributed by atoms with Gasteiger partial charge in [0.1, 0.15) is 12.2 Å². The maximum absolute atomic E-state index is 12.0. The Morgan fingerprint density at radius 3 is 2.76 bits per heavy atom. The summed E-state index contributed by atoms with van der Waals surface area (Å²) in [6.45, 7) is 8.02. The lowest BCUT2D eigenvalue weighted by atomic mass is 9.86. The second kappa shape index (κ2) is 5.84. The molecule has 2 fully saturated rings. The Morgan fingerprint density at radius 1 is 1.16 bits per heavy atom. The highest BCUT2D eigenvalue weighted by Crippen LogP contribution is 2.46. The molecule has 4 aliphatic rings. The van der Waals surface area contributed by atoms with E-state index in [-0.39, 0.29) is 41.8 Å². The average molecular weight is 344 g/mol. The van der Waals surface area contributed by atoms with E-state index in [0.717, 1.165) is 30.4 Å². The topological polar surface area (TPSA) is 65.1 Å². The van der Waals surface area contributed by atoms with Crippen molar-refractivity contribution in [3.8, 4) is 0 Å². The van der Waals surface area contributed by atoms with E-state index < -0.39 is 0 Å². The smallest absolute Gasteiger partial charge is 0.334 e. The molecule has 0 N–H and O–H groups in total. The van der Waals surface area contributed by atoms with Crippen LogP contribution in [0.4, 0.5) is 0 Å².